The standard InChI is InChI=1S/C18H18Cl2N2O5S/c1-11-7-14(4-6-17(11)26-2)28(24,25)21-9-13-10-22(18(23)27-13)12-3-5-15(19)16(20)8-12/h3-8,13,21H,9-10H2,1-2H3/t13-/m0/s1. The number of carbonyl (C=O) groups is 1. The molecule has 1 N–H and O–H groups in total. The van der Waals surface area contributed by atoms with Gasteiger partial charge in [0.1, 0.15) is 11.9 Å². The number of hydrogen-bond donors (Lipinski definition) is 1. The Kier molecular flexibility index (Phi) is 6.04. The monoisotopic (exact) mass is 444 g/mol. The van der Waals surface area contributed by atoms with Gasteiger partial charge < -0.3 is 9.47 Å². The Hall–Kier alpha value is -2.00. The summed E-state index contributed by atoms with van der Waals surface area (Å²) in [5, 5.41) is 0.683. The van der Waals surface area contributed by atoms with Crippen LogP contribution in [-0.4, -0.2) is 40.8 Å². The summed E-state index contributed by atoms with van der Waals surface area (Å²) in [6.45, 7) is 1.88. The van der Waals surface area contributed by atoms with Gasteiger partial charge in [-0.25, -0.2) is 17.9 Å². The number of nitrogens with one attached hydrogen (secondary N) is 1. The fourth-order valence-electron chi connectivity index (χ4n) is 2.80. The molecule has 0 unspecified atom stereocenters. The number of amides is 1. The lowest BCUT2D eigenvalue weighted by molar-refractivity contribution is 0.143. The minimum absolute atomic E-state index is 0.0586. The van der Waals surface area contributed by atoms with Crippen molar-refractivity contribution in [3.05, 3.63) is 52.0 Å². The van der Waals surface area contributed by atoms with Crippen LogP contribution in [0.2, 0.25) is 10.0 Å². The van der Waals surface area contributed by atoms with E-state index in [-0.39, 0.29) is 18.0 Å². The molecule has 150 valence electrons. The highest BCUT2D eigenvalue weighted by Gasteiger charge is 2.33. The smallest absolute Gasteiger partial charge is 0.414 e. The van der Waals surface area contributed by atoms with Gasteiger partial charge in [0.15, 0.2) is 0 Å². The average Bonchev–Trinajstić information content (AvgIpc) is 3.03. The Morgan fingerprint density at radius 3 is 2.61 bits per heavy atom. The zero-order valence-electron chi connectivity index (χ0n) is 15.1. The van der Waals surface area contributed by atoms with Crippen LogP contribution in [-0.2, 0) is 14.8 Å². The first-order chi connectivity index (χ1) is 13.2. The number of benzene rings is 2. The van der Waals surface area contributed by atoms with Crippen LogP contribution >= 0.6 is 23.2 Å². The zero-order chi connectivity index (χ0) is 20.5. The number of nitrogens with zero attached hydrogens (tertiary/aromatic N) is 1. The first-order valence-corrected chi connectivity index (χ1v) is 10.5. The van der Waals surface area contributed by atoms with Gasteiger partial charge in [-0.15, -0.1) is 0 Å². The summed E-state index contributed by atoms with van der Waals surface area (Å²) in [6, 6.07) is 9.33. The maximum absolute atomic E-state index is 12.5. The highest BCUT2D eigenvalue weighted by molar-refractivity contribution is 7.89. The van der Waals surface area contributed by atoms with E-state index in [1.165, 1.54) is 24.1 Å². The number of carbonyl (C=O) groups excluding carboxylic acids is 1. The van der Waals surface area contributed by atoms with E-state index in [1.807, 2.05) is 0 Å². The molecule has 10 heteroatoms. The van der Waals surface area contributed by atoms with Gasteiger partial charge in [-0.05, 0) is 48.9 Å². The second-order valence-corrected chi connectivity index (χ2v) is 8.78. The molecule has 1 fully saturated rings. The number of methoxy groups -OCH3 is 1. The predicted octanol–water partition coefficient (Wildman–Crippen LogP) is 3.61. The Labute approximate surface area is 173 Å². The third kappa shape index (κ3) is 4.35. The molecule has 2 aromatic rings. The quantitative estimate of drug-likeness (QED) is 0.735. The molecule has 1 amide bonds. The number of aryl methyl sites for hydroxylation is 1. The molecule has 1 aliphatic rings. The number of cyclic esters (lactones) is 1. The van der Waals surface area contributed by atoms with Crippen LogP contribution in [0.4, 0.5) is 10.5 Å². The maximum Gasteiger partial charge on any atom is 0.414 e. The van der Waals surface area contributed by atoms with Gasteiger partial charge in [-0.1, -0.05) is 23.2 Å². The van der Waals surface area contributed by atoms with Gasteiger partial charge in [0.25, 0.3) is 0 Å². The van der Waals surface area contributed by atoms with E-state index in [2.05, 4.69) is 4.72 Å². The van der Waals surface area contributed by atoms with Crippen molar-refractivity contribution >= 4 is 45.0 Å². The molecule has 0 saturated carbocycles. The number of sulfonamides is 1. The van der Waals surface area contributed by atoms with Gasteiger partial charge in [0.05, 0.1) is 28.6 Å². The normalized spacial score (nSPS) is 16.9. The summed E-state index contributed by atoms with van der Waals surface area (Å²) >= 11 is 11.9. The molecule has 2 aromatic carbocycles. The average molecular weight is 445 g/mol. The van der Waals surface area contributed by atoms with Crippen LogP contribution in [0.5, 0.6) is 5.75 Å². The molecule has 1 heterocycles. The fourth-order valence-corrected chi connectivity index (χ4v) is 4.24. The SMILES string of the molecule is COc1ccc(S(=O)(=O)NC[C@H]2CN(c3ccc(Cl)c(Cl)c3)C(=O)O2)cc1C. The first-order valence-electron chi connectivity index (χ1n) is 8.29. The van der Waals surface area contributed by atoms with Crippen molar-refractivity contribution < 1.29 is 22.7 Å². The van der Waals surface area contributed by atoms with Crippen molar-refractivity contribution in [2.45, 2.75) is 17.9 Å². The van der Waals surface area contributed by atoms with Gasteiger partial charge in [-0.2, -0.15) is 0 Å². The lowest BCUT2D eigenvalue weighted by Gasteiger charge is -2.14. The summed E-state index contributed by atoms with van der Waals surface area (Å²) in [5.41, 5.74) is 1.22. The fraction of sp³-hybridized carbons (Fsp3) is 0.278. The topological polar surface area (TPSA) is 84.9 Å². The Morgan fingerprint density at radius 1 is 1.21 bits per heavy atom. The summed E-state index contributed by atoms with van der Waals surface area (Å²) < 4.78 is 37.9. The number of hydrogen-bond acceptors (Lipinski definition) is 5. The van der Waals surface area contributed by atoms with E-state index < -0.39 is 22.2 Å². The summed E-state index contributed by atoms with van der Waals surface area (Å²) in [7, 11) is -2.24. The molecule has 0 spiro atoms. The molecule has 1 saturated heterocycles. The van der Waals surface area contributed by atoms with E-state index in [0.717, 1.165) is 0 Å². The molecule has 0 aliphatic carbocycles. The van der Waals surface area contributed by atoms with Crippen LogP contribution < -0.4 is 14.4 Å². The molecular formula is C18H18Cl2N2O5S. The van der Waals surface area contributed by atoms with E-state index in [9.17, 15) is 13.2 Å². The van der Waals surface area contributed by atoms with Crippen LogP contribution in [0.3, 0.4) is 0 Å². The highest BCUT2D eigenvalue weighted by atomic mass is 35.5. The van der Waals surface area contributed by atoms with Crippen LogP contribution in [0.15, 0.2) is 41.3 Å². The number of anilines is 1. The molecule has 1 atom stereocenters. The number of rotatable bonds is 6. The minimum atomic E-state index is -3.76. The molecule has 1 aliphatic heterocycles. The summed E-state index contributed by atoms with van der Waals surface area (Å²) in [4.78, 5) is 13.6. The van der Waals surface area contributed by atoms with Crippen molar-refractivity contribution in [1.82, 2.24) is 4.72 Å². The predicted molar refractivity (Wildman–Crippen MR) is 107 cm³/mol. The Bertz CT molecular complexity index is 1010. The molecule has 0 bridgehead atoms. The third-order valence-corrected chi connectivity index (χ3v) is 6.43. The minimum Gasteiger partial charge on any atom is -0.496 e. The molecule has 0 radical (unpaired) electrons. The second kappa shape index (κ2) is 8.16. The molecule has 7 nitrogen and oxygen atoms in total. The highest BCUT2D eigenvalue weighted by Crippen LogP contribution is 2.29. The number of ether oxygens (including phenoxy) is 2. The number of halogens is 2. The van der Waals surface area contributed by atoms with Crippen molar-refractivity contribution in [2.24, 2.45) is 0 Å². The van der Waals surface area contributed by atoms with Gasteiger partial charge >= 0.3 is 6.09 Å². The van der Waals surface area contributed by atoms with Crippen LogP contribution in [0, 0.1) is 6.92 Å². The van der Waals surface area contributed by atoms with Crippen LogP contribution in [0.25, 0.3) is 0 Å². The lowest BCUT2D eigenvalue weighted by Crippen LogP contribution is -2.34. The summed E-state index contributed by atoms with van der Waals surface area (Å²) in [6.07, 6.45) is -1.22. The van der Waals surface area contributed by atoms with Crippen LogP contribution in [0.1, 0.15) is 5.56 Å². The first kappa shape index (κ1) is 20.7. The molecule has 28 heavy (non-hydrogen) atoms. The van der Waals surface area contributed by atoms with Crippen molar-refractivity contribution in [1.29, 1.82) is 0 Å². The van der Waals surface area contributed by atoms with Gasteiger partial charge in [-0.3, -0.25) is 4.90 Å². The maximum atomic E-state index is 12.5. The molecule has 0 aromatic heterocycles. The van der Waals surface area contributed by atoms with E-state index in [0.29, 0.717) is 27.0 Å². The van der Waals surface area contributed by atoms with Gasteiger partial charge in [0, 0.05) is 12.2 Å². The third-order valence-electron chi connectivity index (χ3n) is 4.27. The summed E-state index contributed by atoms with van der Waals surface area (Å²) in [5.74, 6) is 0.598. The lowest BCUT2D eigenvalue weighted by atomic mass is 10.2. The second-order valence-electron chi connectivity index (χ2n) is 6.20. The van der Waals surface area contributed by atoms with E-state index in [4.69, 9.17) is 32.7 Å². The molecule has 3 rings (SSSR count). The van der Waals surface area contributed by atoms with Crippen molar-refractivity contribution in [2.75, 3.05) is 25.1 Å². The Balaban J connectivity index is 1.67. The van der Waals surface area contributed by atoms with Crippen molar-refractivity contribution in [3.63, 3.8) is 0 Å². The van der Waals surface area contributed by atoms with E-state index >= 15 is 0 Å². The Morgan fingerprint density at radius 2 is 1.96 bits per heavy atom. The van der Waals surface area contributed by atoms with E-state index in [1.54, 1.807) is 31.2 Å². The largest absolute Gasteiger partial charge is 0.496 e. The molecular weight excluding hydrogens is 427 g/mol. The van der Waals surface area contributed by atoms with Crippen molar-refractivity contribution in [3.8, 4) is 5.75 Å². The van der Waals surface area contributed by atoms with Gasteiger partial charge in [0.2, 0.25) is 10.0 Å². The zero-order valence-corrected chi connectivity index (χ0v) is 17.4.